The highest BCUT2D eigenvalue weighted by Gasteiger charge is 2.37. The van der Waals surface area contributed by atoms with Crippen molar-refractivity contribution in [2.75, 3.05) is 0 Å². The Balaban J connectivity index is 1.68. The van der Waals surface area contributed by atoms with Gasteiger partial charge >= 0.3 is 5.97 Å². The molecule has 29 heavy (non-hydrogen) atoms. The number of benzene rings is 3. The van der Waals surface area contributed by atoms with E-state index in [1.165, 1.54) is 0 Å². The number of fused-ring (bicyclic) bond motifs is 1. The van der Waals surface area contributed by atoms with Gasteiger partial charge in [-0.3, -0.25) is 4.79 Å². The lowest BCUT2D eigenvalue weighted by molar-refractivity contribution is -0.143. The van der Waals surface area contributed by atoms with Gasteiger partial charge in [0.1, 0.15) is 22.9 Å². The molecular weight excluding hydrogens is 369 g/mol. The molecule has 0 heterocycles. The predicted molar refractivity (Wildman–Crippen MR) is 110 cm³/mol. The van der Waals surface area contributed by atoms with Crippen molar-refractivity contribution < 1.29 is 19.0 Å². The van der Waals surface area contributed by atoms with E-state index in [1.54, 1.807) is 25.1 Å². The average molecular weight is 391 g/mol. The Morgan fingerprint density at radius 1 is 1.07 bits per heavy atom. The molecule has 0 bridgehead atoms. The van der Waals surface area contributed by atoms with Gasteiger partial charge in [-0.2, -0.15) is 0 Å². The fraction of sp³-hybridized carbons (Fsp3) is 0.208. The summed E-state index contributed by atoms with van der Waals surface area (Å²) in [5.41, 5.74) is 8.47. The summed E-state index contributed by atoms with van der Waals surface area (Å²) in [7, 11) is 0. The lowest BCUT2D eigenvalue weighted by Crippen LogP contribution is -2.52. The number of para-hydroxylation sites is 1. The molecule has 0 spiro atoms. The van der Waals surface area contributed by atoms with Gasteiger partial charge in [0.25, 0.3) is 0 Å². The first-order chi connectivity index (χ1) is 13.9. The molecule has 0 radical (unpaired) electrons. The molecule has 0 aliphatic heterocycles. The zero-order chi connectivity index (χ0) is 20.6. The molecule has 3 aromatic carbocycles. The van der Waals surface area contributed by atoms with Crippen molar-refractivity contribution in [2.24, 2.45) is 5.73 Å². The number of halogens is 1. The molecule has 4 rings (SSSR count). The minimum atomic E-state index is -1.26. The SMILES string of the molecule is Cc1cccc(-c2ccccc2Oc2ccc3c(c2)CC(N)(C(=O)O)CC3)c1F. The molecule has 0 aromatic heterocycles. The number of nitrogens with two attached hydrogens (primary N) is 1. The second-order valence-electron chi connectivity index (χ2n) is 7.60. The number of hydrogen-bond donors (Lipinski definition) is 2. The van der Waals surface area contributed by atoms with Crippen LogP contribution in [0.15, 0.2) is 60.7 Å². The fourth-order valence-corrected chi connectivity index (χ4v) is 3.80. The number of carboxylic acids is 1. The Kier molecular flexibility index (Phi) is 4.84. The zero-order valence-electron chi connectivity index (χ0n) is 16.1. The van der Waals surface area contributed by atoms with E-state index in [2.05, 4.69) is 0 Å². The Bertz CT molecular complexity index is 1100. The maximum Gasteiger partial charge on any atom is 0.324 e. The minimum absolute atomic E-state index is 0.253. The summed E-state index contributed by atoms with van der Waals surface area (Å²) in [4.78, 5) is 11.5. The first-order valence-electron chi connectivity index (χ1n) is 9.54. The third kappa shape index (κ3) is 3.61. The van der Waals surface area contributed by atoms with E-state index in [9.17, 15) is 14.3 Å². The highest BCUT2D eigenvalue weighted by atomic mass is 19.1. The number of carboxylic acid groups (broad SMARTS) is 1. The first kappa shape index (κ1) is 19.2. The molecule has 0 amide bonds. The molecule has 0 fully saturated rings. The van der Waals surface area contributed by atoms with Crippen LogP contribution in [-0.2, 0) is 17.6 Å². The summed E-state index contributed by atoms with van der Waals surface area (Å²) in [5, 5.41) is 9.45. The quantitative estimate of drug-likeness (QED) is 0.666. The van der Waals surface area contributed by atoms with Crippen LogP contribution < -0.4 is 10.5 Å². The van der Waals surface area contributed by atoms with Crippen LogP contribution in [0, 0.1) is 12.7 Å². The number of rotatable bonds is 4. The Morgan fingerprint density at radius 3 is 2.62 bits per heavy atom. The van der Waals surface area contributed by atoms with Crippen molar-refractivity contribution in [1.82, 2.24) is 0 Å². The second-order valence-corrected chi connectivity index (χ2v) is 7.60. The molecule has 4 nitrogen and oxygen atoms in total. The van der Waals surface area contributed by atoms with E-state index in [0.29, 0.717) is 41.0 Å². The van der Waals surface area contributed by atoms with E-state index in [1.807, 2.05) is 42.5 Å². The molecule has 3 N–H and O–H groups in total. The van der Waals surface area contributed by atoms with E-state index in [0.717, 1.165) is 11.1 Å². The van der Waals surface area contributed by atoms with Crippen molar-refractivity contribution in [3.63, 3.8) is 0 Å². The van der Waals surface area contributed by atoms with Crippen LogP contribution in [0.2, 0.25) is 0 Å². The number of aliphatic carboxylic acids is 1. The van der Waals surface area contributed by atoms with E-state index < -0.39 is 11.5 Å². The smallest absolute Gasteiger partial charge is 0.324 e. The van der Waals surface area contributed by atoms with Gasteiger partial charge in [-0.25, -0.2) is 4.39 Å². The van der Waals surface area contributed by atoms with Crippen molar-refractivity contribution in [3.8, 4) is 22.6 Å². The zero-order valence-corrected chi connectivity index (χ0v) is 16.1. The average Bonchev–Trinajstić information content (AvgIpc) is 2.70. The summed E-state index contributed by atoms with van der Waals surface area (Å²) >= 11 is 0. The molecule has 148 valence electrons. The highest BCUT2D eigenvalue weighted by Crippen LogP contribution is 2.37. The van der Waals surface area contributed by atoms with Crippen molar-refractivity contribution in [1.29, 1.82) is 0 Å². The molecule has 1 unspecified atom stereocenters. The number of hydrogen-bond acceptors (Lipinski definition) is 3. The van der Waals surface area contributed by atoms with Crippen LogP contribution in [0.5, 0.6) is 11.5 Å². The van der Waals surface area contributed by atoms with Crippen LogP contribution in [0.3, 0.4) is 0 Å². The summed E-state index contributed by atoms with van der Waals surface area (Å²) < 4.78 is 20.8. The summed E-state index contributed by atoms with van der Waals surface area (Å²) in [6.45, 7) is 1.73. The predicted octanol–water partition coefficient (Wildman–Crippen LogP) is 4.86. The van der Waals surface area contributed by atoms with Gasteiger partial charge in [-0.1, -0.05) is 42.5 Å². The largest absolute Gasteiger partial charge is 0.480 e. The van der Waals surface area contributed by atoms with Crippen LogP contribution >= 0.6 is 0 Å². The molecule has 0 saturated carbocycles. The van der Waals surface area contributed by atoms with Crippen LogP contribution in [-0.4, -0.2) is 16.6 Å². The van der Waals surface area contributed by atoms with E-state index >= 15 is 0 Å². The summed E-state index contributed by atoms with van der Waals surface area (Å²) in [6, 6.07) is 18.2. The highest BCUT2D eigenvalue weighted by molar-refractivity contribution is 5.79. The van der Waals surface area contributed by atoms with Crippen molar-refractivity contribution >= 4 is 5.97 Å². The summed E-state index contributed by atoms with van der Waals surface area (Å²) in [5.74, 6) is -0.165. The van der Waals surface area contributed by atoms with Gasteiger partial charge in [0.15, 0.2) is 0 Å². The third-order valence-electron chi connectivity index (χ3n) is 5.55. The van der Waals surface area contributed by atoms with Gasteiger partial charge in [0, 0.05) is 17.5 Å². The van der Waals surface area contributed by atoms with Crippen LogP contribution in [0.1, 0.15) is 23.1 Å². The van der Waals surface area contributed by atoms with Gasteiger partial charge in [-0.15, -0.1) is 0 Å². The first-order valence-corrected chi connectivity index (χ1v) is 9.54. The molecular formula is C24H22FNO3. The maximum absolute atomic E-state index is 14.7. The fourth-order valence-electron chi connectivity index (χ4n) is 3.80. The third-order valence-corrected chi connectivity index (χ3v) is 5.55. The second kappa shape index (κ2) is 7.33. The number of aryl methyl sites for hydroxylation is 2. The lowest BCUT2D eigenvalue weighted by Gasteiger charge is -2.31. The van der Waals surface area contributed by atoms with Crippen LogP contribution in [0.4, 0.5) is 4.39 Å². The minimum Gasteiger partial charge on any atom is -0.480 e. The Morgan fingerprint density at radius 2 is 1.83 bits per heavy atom. The number of ether oxygens (including phenoxy) is 1. The molecule has 1 atom stereocenters. The normalized spacial score (nSPS) is 18.2. The Hall–Kier alpha value is -3.18. The molecule has 5 heteroatoms. The molecule has 1 aliphatic carbocycles. The van der Waals surface area contributed by atoms with Gasteiger partial charge < -0.3 is 15.6 Å². The molecule has 0 saturated heterocycles. The van der Waals surface area contributed by atoms with Gasteiger partial charge in [0.05, 0.1) is 0 Å². The van der Waals surface area contributed by atoms with Crippen molar-refractivity contribution in [2.45, 2.75) is 31.7 Å². The van der Waals surface area contributed by atoms with Gasteiger partial charge in [0.2, 0.25) is 0 Å². The van der Waals surface area contributed by atoms with Gasteiger partial charge in [-0.05, 0) is 54.7 Å². The molecule has 1 aliphatic rings. The lowest BCUT2D eigenvalue weighted by atomic mass is 9.78. The van der Waals surface area contributed by atoms with E-state index in [4.69, 9.17) is 10.5 Å². The standard InChI is InChI=1S/C24H22FNO3/c1-15-5-4-7-20(22(15)25)19-6-2-3-8-21(19)29-18-10-9-16-11-12-24(26,23(27)28)14-17(16)13-18/h2-10,13H,11-12,14,26H2,1H3,(H,27,28). The van der Waals surface area contributed by atoms with E-state index in [-0.39, 0.29) is 12.2 Å². The maximum atomic E-state index is 14.7. The summed E-state index contributed by atoms with van der Waals surface area (Å²) in [6.07, 6.45) is 1.28. The van der Waals surface area contributed by atoms with Crippen molar-refractivity contribution in [3.05, 3.63) is 83.2 Å². The molecule has 3 aromatic rings. The monoisotopic (exact) mass is 391 g/mol. The topological polar surface area (TPSA) is 72.5 Å². The number of carbonyl (C=O) groups is 1. The Labute approximate surface area is 168 Å². The van der Waals surface area contributed by atoms with Crippen LogP contribution in [0.25, 0.3) is 11.1 Å².